The SMILES string of the molecule is Cc1ccc(S(=O)(=O)n2c(=O)ccn2CCO)cc1. The number of aliphatic hydroxyl groups is 1. The second kappa shape index (κ2) is 5.02. The Bertz CT molecular complexity index is 726. The lowest BCUT2D eigenvalue weighted by Crippen LogP contribution is -2.30. The lowest BCUT2D eigenvalue weighted by Gasteiger charge is -2.11. The predicted molar refractivity (Wildman–Crippen MR) is 69.5 cm³/mol. The highest BCUT2D eigenvalue weighted by molar-refractivity contribution is 7.89. The van der Waals surface area contributed by atoms with Crippen molar-refractivity contribution >= 4 is 10.0 Å². The van der Waals surface area contributed by atoms with Gasteiger partial charge in [0, 0.05) is 12.3 Å². The molecule has 1 aromatic carbocycles. The lowest BCUT2D eigenvalue weighted by atomic mass is 10.2. The van der Waals surface area contributed by atoms with Crippen molar-refractivity contribution in [2.45, 2.75) is 18.4 Å². The third kappa shape index (κ3) is 2.47. The van der Waals surface area contributed by atoms with E-state index >= 15 is 0 Å². The van der Waals surface area contributed by atoms with Crippen LogP contribution in [0.3, 0.4) is 0 Å². The number of nitrogens with zero attached hydrogens (tertiary/aromatic N) is 2. The van der Waals surface area contributed by atoms with Crippen LogP contribution in [0.15, 0.2) is 46.2 Å². The highest BCUT2D eigenvalue weighted by atomic mass is 32.2. The number of rotatable bonds is 4. The molecular formula is C12H14N2O4S. The molecule has 0 unspecified atom stereocenters. The first-order chi connectivity index (χ1) is 8.96. The van der Waals surface area contributed by atoms with Gasteiger partial charge in [0.15, 0.2) is 0 Å². The van der Waals surface area contributed by atoms with Gasteiger partial charge in [-0.2, -0.15) is 8.42 Å². The first-order valence-electron chi connectivity index (χ1n) is 5.68. The zero-order valence-corrected chi connectivity index (χ0v) is 11.2. The van der Waals surface area contributed by atoms with Crippen LogP contribution in [-0.2, 0) is 16.6 Å². The van der Waals surface area contributed by atoms with Crippen molar-refractivity contribution in [3.63, 3.8) is 0 Å². The summed E-state index contributed by atoms with van der Waals surface area (Å²) in [5, 5.41) is 8.90. The summed E-state index contributed by atoms with van der Waals surface area (Å²) in [6.07, 6.45) is 1.34. The molecule has 0 aliphatic heterocycles. The molecule has 0 amide bonds. The third-order valence-electron chi connectivity index (χ3n) is 2.69. The molecule has 0 fully saturated rings. The van der Waals surface area contributed by atoms with Gasteiger partial charge in [-0.15, -0.1) is 4.09 Å². The van der Waals surface area contributed by atoms with E-state index in [1.54, 1.807) is 12.1 Å². The van der Waals surface area contributed by atoms with Crippen LogP contribution in [0.25, 0.3) is 0 Å². The number of aromatic nitrogens is 2. The number of aryl methyl sites for hydroxylation is 1. The number of benzene rings is 1. The van der Waals surface area contributed by atoms with Crippen molar-refractivity contribution in [2.24, 2.45) is 0 Å². The van der Waals surface area contributed by atoms with Gasteiger partial charge >= 0.3 is 0 Å². The molecule has 1 aromatic heterocycles. The van der Waals surface area contributed by atoms with Crippen LogP contribution in [0.4, 0.5) is 0 Å². The van der Waals surface area contributed by atoms with Crippen LogP contribution >= 0.6 is 0 Å². The van der Waals surface area contributed by atoms with Gasteiger partial charge in [-0.1, -0.05) is 17.7 Å². The molecule has 0 saturated heterocycles. The topological polar surface area (TPSA) is 81.3 Å². The molecule has 0 atom stereocenters. The Morgan fingerprint density at radius 1 is 1.16 bits per heavy atom. The average Bonchev–Trinajstić information content (AvgIpc) is 2.72. The van der Waals surface area contributed by atoms with E-state index in [-0.39, 0.29) is 18.0 Å². The summed E-state index contributed by atoms with van der Waals surface area (Å²) in [5.41, 5.74) is 0.283. The fourth-order valence-corrected chi connectivity index (χ4v) is 3.12. The van der Waals surface area contributed by atoms with E-state index in [2.05, 4.69) is 0 Å². The molecule has 7 heteroatoms. The molecule has 1 heterocycles. The maximum atomic E-state index is 12.4. The average molecular weight is 282 g/mol. The zero-order valence-electron chi connectivity index (χ0n) is 10.4. The van der Waals surface area contributed by atoms with Crippen LogP contribution in [0.1, 0.15) is 5.56 Å². The smallest absolute Gasteiger partial charge is 0.284 e. The summed E-state index contributed by atoms with van der Waals surface area (Å²) in [5.74, 6) is 0. The van der Waals surface area contributed by atoms with Crippen molar-refractivity contribution in [1.82, 2.24) is 8.77 Å². The minimum absolute atomic E-state index is 0.0351. The van der Waals surface area contributed by atoms with E-state index in [1.807, 2.05) is 6.92 Å². The van der Waals surface area contributed by atoms with Gasteiger partial charge in [0.2, 0.25) is 0 Å². The molecule has 0 spiro atoms. The van der Waals surface area contributed by atoms with Crippen molar-refractivity contribution in [1.29, 1.82) is 0 Å². The van der Waals surface area contributed by atoms with Gasteiger partial charge in [0.25, 0.3) is 15.6 Å². The highest BCUT2D eigenvalue weighted by Gasteiger charge is 2.21. The molecule has 6 nitrogen and oxygen atoms in total. The van der Waals surface area contributed by atoms with Gasteiger partial charge in [-0.3, -0.25) is 9.48 Å². The molecule has 1 N–H and O–H groups in total. The normalized spacial score (nSPS) is 11.7. The molecule has 0 aliphatic carbocycles. The monoisotopic (exact) mass is 282 g/mol. The second-order valence-corrected chi connectivity index (χ2v) is 5.87. The van der Waals surface area contributed by atoms with Gasteiger partial charge in [-0.25, -0.2) is 0 Å². The van der Waals surface area contributed by atoms with E-state index in [1.165, 1.54) is 23.0 Å². The Morgan fingerprint density at radius 2 is 1.79 bits per heavy atom. The number of hydrogen-bond donors (Lipinski definition) is 1. The molecule has 2 aromatic rings. The van der Waals surface area contributed by atoms with Crippen molar-refractivity contribution < 1.29 is 13.5 Å². The van der Waals surface area contributed by atoms with E-state index in [0.29, 0.717) is 4.09 Å². The summed E-state index contributed by atoms with van der Waals surface area (Å²) in [6.45, 7) is 1.63. The molecule has 0 radical (unpaired) electrons. The van der Waals surface area contributed by atoms with E-state index < -0.39 is 15.6 Å². The predicted octanol–water partition coefficient (Wildman–Crippen LogP) is 0.188. The minimum atomic E-state index is -3.94. The maximum Gasteiger partial charge on any atom is 0.284 e. The summed E-state index contributed by atoms with van der Waals surface area (Å²) in [6, 6.07) is 7.39. The van der Waals surface area contributed by atoms with E-state index in [9.17, 15) is 13.2 Å². The minimum Gasteiger partial charge on any atom is -0.394 e. The Balaban J connectivity index is 2.59. The molecule has 0 aliphatic rings. The van der Waals surface area contributed by atoms with Gasteiger partial charge in [0.05, 0.1) is 18.0 Å². The summed E-state index contributed by atoms with van der Waals surface area (Å²) in [4.78, 5) is 11.7. The standard InChI is InChI=1S/C12H14N2O4S/c1-10-2-4-11(5-3-10)19(17,18)14-12(16)6-7-13(14)8-9-15/h2-7,15H,8-9H2,1H3. The maximum absolute atomic E-state index is 12.4. The van der Waals surface area contributed by atoms with Crippen LogP contribution in [0, 0.1) is 6.92 Å². The fourth-order valence-electron chi connectivity index (χ4n) is 1.74. The lowest BCUT2D eigenvalue weighted by molar-refractivity contribution is 0.266. The zero-order chi connectivity index (χ0) is 14.0. The molecule has 19 heavy (non-hydrogen) atoms. The van der Waals surface area contributed by atoms with Crippen LogP contribution in [0.2, 0.25) is 0 Å². The van der Waals surface area contributed by atoms with Gasteiger partial charge in [0.1, 0.15) is 0 Å². The van der Waals surface area contributed by atoms with E-state index in [0.717, 1.165) is 11.6 Å². The Labute approximate surface area is 110 Å². The Kier molecular flexibility index (Phi) is 3.59. The van der Waals surface area contributed by atoms with Crippen LogP contribution < -0.4 is 5.56 Å². The Morgan fingerprint density at radius 3 is 2.37 bits per heavy atom. The largest absolute Gasteiger partial charge is 0.394 e. The molecule has 102 valence electrons. The third-order valence-corrected chi connectivity index (χ3v) is 4.40. The van der Waals surface area contributed by atoms with Crippen LogP contribution in [-0.4, -0.2) is 28.9 Å². The first kappa shape index (κ1) is 13.6. The van der Waals surface area contributed by atoms with Gasteiger partial charge in [-0.05, 0) is 19.1 Å². The van der Waals surface area contributed by atoms with Crippen molar-refractivity contribution in [3.8, 4) is 0 Å². The molecule has 2 rings (SSSR count). The first-order valence-corrected chi connectivity index (χ1v) is 7.12. The van der Waals surface area contributed by atoms with Gasteiger partial charge < -0.3 is 5.11 Å². The molecular weight excluding hydrogens is 268 g/mol. The summed E-state index contributed by atoms with van der Waals surface area (Å²) < 4.78 is 26.6. The number of aliphatic hydroxyl groups excluding tert-OH is 1. The second-order valence-electron chi connectivity index (χ2n) is 4.10. The van der Waals surface area contributed by atoms with Crippen molar-refractivity contribution in [3.05, 3.63) is 52.4 Å². The summed E-state index contributed by atoms with van der Waals surface area (Å²) in [7, 11) is -3.94. The van der Waals surface area contributed by atoms with Crippen molar-refractivity contribution in [2.75, 3.05) is 6.61 Å². The Hall–Kier alpha value is -1.86. The van der Waals surface area contributed by atoms with E-state index in [4.69, 9.17) is 5.11 Å². The summed E-state index contributed by atoms with van der Waals surface area (Å²) >= 11 is 0. The molecule has 0 bridgehead atoms. The number of hydrogen-bond acceptors (Lipinski definition) is 4. The van der Waals surface area contributed by atoms with Crippen LogP contribution in [0.5, 0.6) is 0 Å². The quantitative estimate of drug-likeness (QED) is 0.868. The fraction of sp³-hybridized carbons (Fsp3) is 0.250. The molecule has 0 saturated carbocycles. The highest BCUT2D eigenvalue weighted by Crippen LogP contribution is 2.13.